The predicted molar refractivity (Wildman–Crippen MR) is 99.2 cm³/mol. The van der Waals surface area contributed by atoms with Gasteiger partial charge in [-0.3, -0.25) is 20.4 Å². The smallest absolute Gasteiger partial charge is 0.272 e. The van der Waals surface area contributed by atoms with E-state index in [1.165, 1.54) is 33.8 Å². The fourth-order valence-corrected chi connectivity index (χ4v) is 4.59. The molecular formula is C18H20N2O2S2. The summed E-state index contributed by atoms with van der Waals surface area (Å²) in [6, 6.07) is 12.0. The molecule has 3 rings (SSSR count). The number of nitrogens with one attached hydrogen (secondary N) is 2. The molecule has 0 unspecified atom stereocenters. The second kappa shape index (κ2) is 7.85. The van der Waals surface area contributed by atoms with E-state index >= 15 is 0 Å². The van der Waals surface area contributed by atoms with Crippen LogP contribution in [0.5, 0.6) is 0 Å². The minimum Gasteiger partial charge on any atom is -0.272 e. The zero-order valence-electron chi connectivity index (χ0n) is 13.5. The van der Waals surface area contributed by atoms with Crippen LogP contribution in [0.3, 0.4) is 0 Å². The summed E-state index contributed by atoms with van der Waals surface area (Å²) < 4.78 is 0. The predicted octanol–water partition coefficient (Wildman–Crippen LogP) is 3.32. The molecule has 0 radical (unpaired) electrons. The fraction of sp³-hybridized carbons (Fsp3) is 0.333. The maximum absolute atomic E-state index is 12.1. The van der Waals surface area contributed by atoms with Crippen LogP contribution >= 0.6 is 23.1 Å². The molecule has 2 aromatic rings. The van der Waals surface area contributed by atoms with Crippen molar-refractivity contribution in [3.63, 3.8) is 0 Å². The number of aryl methyl sites for hydroxylation is 2. The molecule has 126 valence electrons. The first-order chi connectivity index (χ1) is 11.6. The number of hydrogen-bond acceptors (Lipinski definition) is 4. The lowest BCUT2D eigenvalue weighted by molar-refractivity contribution is -0.121. The number of benzene rings is 1. The van der Waals surface area contributed by atoms with Crippen molar-refractivity contribution in [2.75, 3.05) is 0 Å². The second-order valence-corrected chi connectivity index (χ2v) is 8.26. The maximum Gasteiger partial charge on any atom is 0.279 e. The molecule has 1 heterocycles. The lowest BCUT2D eigenvalue weighted by Gasteiger charge is -2.12. The molecule has 1 aliphatic rings. The van der Waals surface area contributed by atoms with Gasteiger partial charge in [0.15, 0.2) is 0 Å². The van der Waals surface area contributed by atoms with Crippen LogP contribution in [0.15, 0.2) is 36.4 Å². The van der Waals surface area contributed by atoms with Gasteiger partial charge < -0.3 is 0 Å². The van der Waals surface area contributed by atoms with Gasteiger partial charge in [0.25, 0.3) is 11.8 Å². The van der Waals surface area contributed by atoms with Crippen LogP contribution in [0, 0.1) is 0 Å². The molecule has 0 aliphatic heterocycles. The van der Waals surface area contributed by atoms with Crippen molar-refractivity contribution in [1.29, 1.82) is 0 Å². The first-order valence-corrected chi connectivity index (χ1v) is 9.87. The lowest BCUT2D eigenvalue weighted by atomic mass is 10.2. The van der Waals surface area contributed by atoms with Crippen molar-refractivity contribution >= 4 is 34.9 Å². The third-order valence-electron chi connectivity index (χ3n) is 3.98. The Morgan fingerprint density at radius 3 is 2.75 bits per heavy atom. The number of hydrogen-bond donors (Lipinski definition) is 2. The second-order valence-electron chi connectivity index (χ2n) is 5.79. The van der Waals surface area contributed by atoms with Crippen molar-refractivity contribution < 1.29 is 9.59 Å². The highest BCUT2D eigenvalue weighted by Crippen LogP contribution is 2.30. The third kappa shape index (κ3) is 4.19. The topological polar surface area (TPSA) is 58.2 Å². The number of carbonyl (C=O) groups is 2. The Hall–Kier alpha value is -1.79. The summed E-state index contributed by atoms with van der Waals surface area (Å²) >= 11 is 3.07. The lowest BCUT2D eigenvalue weighted by Crippen LogP contribution is -2.44. The van der Waals surface area contributed by atoms with Gasteiger partial charge >= 0.3 is 0 Å². The molecule has 4 nitrogen and oxygen atoms in total. The fourth-order valence-electron chi connectivity index (χ4n) is 2.59. The van der Waals surface area contributed by atoms with Crippen molar-refractivity contribution in [1.82, 2.24) is 10.9 Å². The standard InChI is InChI=1S/C18H20N2O2S2/c1-12(23-11-13-6-3-2-4-7-13)17(21)19-20-18(22)16-10-14-8-5-9-15(14)24-16/h2-4,6-7,10,12H,5,8-9,11H2,1H3,(H,19,21)(H,20,22)/t12-/m0/s1. The quantitative estimate of drug-likeness (QED) is 0.804. The summed E-state index contributed by atoms with van der Waals surface area (Å²) in [6.45, 7) is 1.84. The number of hydrazine groups is 1. The Labute approximate surface area is 150 Å². The van der Waals surface area contributed by atoms with Crippen LogP contribution in [-0.2, 0) is 23.4 Å². The number of fused-ring (bicyclic) bond motifs is 1. The molecule has 2 N–H and O–H groups in total. The molecule has 1 aromatic heterocycles. The number of thiophene rings is 1. The number of carbonyl (C=O) groups excluding carboxylic acids is 2. The summed E-state index contributed by atoms with van der Waals surface area (Å²) in [6.07, 6.45) is 3.29. The van der Waals surface area contributed by atoms with E-state index in [-0.39, 0.29) is 17.1 Å². The van der Waals surface area contributed by atoms with Crippen LogP contribution in [0.4, 0.5) is 0 Å². The van der Waals surface area contributed by atoms with E-state index in [9.17, 15) is 9.59 Å². The maximum atomic E-state index is 12.1. The van der Waals surface area contributed by atoms with Crippen LogP contribution in [0.2, 0.25) is 0 Å². The highest BCUT2D eigenvalue weighted by atomic mass is 32.2. The van der Waals surface area contributed by atoms with Gasteiger partial charge in [-0.1, -0.05) is 30.3 Å². The SMILES string of the molecule is C[C@H](SCc1ccccc1)C(=O)NNC(=O)c1cc2c(s1)CCC2. The normalized spacial score (nSPS) is 14.0. The molecular weight excluding hydrogens is 340 g/mol. The van der Waals surface area contributed by atoms with E-state index in [4.69, 9.17) is 0 Å². The zero-order chi connectivity index (χ0) is 16.9. The number of rotatable bonds is 5. The van der Waals surface area contributed by atoms with Gasteiger partial charge in [-0.05, 0) is 43.4 Å². The molecule has 2 amide bonds. The minimum absolute atomic E-state index is 0.187. The van der Waals surface area contributed by atoms with E-state index in [0.29, 0.717) is 4.88 Å². The van der Waals surface area contributed by atoms with Crippen molar-refractivity contribution in [3.8, 4) is 0 Å². The van der Waals surface area contributed by atoms with Gasteiger partial charge in [0.1, 0.15) is 0 Å². The highest BCUT2D eigenvalue weighted by Gasteiger charge is 2.19. The van der Waals surface area contributed by atoms with Gasteiger partial charge in [-0.2, -0.15) is 0 Å². The monoisotopic (exact) mass is 360 g/mol. The molecule has 0 saturated carbocycles. The Morgan fingerprint density at radius 1 is 1.21 bits per heavy atom. The molecule has 24 heavy (non-hydrogen) atoms. The van der Waals surface area contributed by atoms with E-state index < -0.39 is 0 Å². The Morgan fingerprint density at radius 2 is 2.00 bits per heavy atom. The molecule has 1 aliphatic carbocycles. The molecule has 1 atom stereocenters. The average molecular weight is 361 g/mol. The zero-order valence-corrected chi connectivity index (χ0v) is 15.1. The van der Waals surface area contributed by atoms with Gasteiger partial charge in [0.05, 0.1) is 10.1 Å². The first kappa shape index (κ1) is 17.0. The Kier molecular flexibility index (Phi) is 5.58. The van der Waals surface area contributed by atoms with Crippen LogP contribution in [-0.4, -0.2) is 17.1 Å². The number of thioether (sulfide) groups is 1. The largest absolute Gasteiger partial charge is 0.279 e. The van der Waals surface area contributed by atoms with E-state index in [2.05, 4.69) is 10.9 Å². The minimum atomic E-state index is -0.237. The number of amides is 2. The van der Waals surface area contributed by atoms with Crippen molar-refractivity contribution in [2.24, 2.45) is 0 Å². The van der Waals surface area contributed by atoms with Crippen LogP contribution < -0.4 is 10.9 Å². The van der Waals surface area contributed by atoms with E-state index in [1.807, 2.05) is 43.3 Å². The van der Waals surface area contributed by atoms with Crippen molar-refractivity contribution in [2.45, 2.75) is 37.2 Å². The van der Waals surface area contributed by atoms with E-state index in [1.54, 1.807) is 11.8 Å². The van der Waals surface area contributed by atoms with Gasteiger partial charge in [0.2, 0.25) is 0 Å². The summed E-state index contributed by atoms with van der Waals surface area (Å²) in [7, 11) is 0. The first-order valence-electron chi connectivity index (χ1n) is 8.01. The highest BCUT2D eigenvalue weighted by molar-refractivity contribution is 7.99. The molecule has 0 saturated heterocycles. The molecule has 1 aromatic carbocycles. The summed E-state index contributed by atoms with van der Waals surface area (Å²) in [4.78, 5) is 26.2. The summed E-state index contributed by atoms with van der Waals surface area (Å²) in [5.74, 6) is 0.345. The van der Waals surface area contributed by atoms with Gasteiger partial charge in [-0.15, -0.1) is 23.1 Å². The summed E-state index contributed by atoms with van der Waals surface area (Å²) in [5.41, 5.74) is 7.51. The Balaban J connectivity index is 1.44. The molecule has 0 fully saturated rings. The van der Waals surface area contributed by atoms with E-state index in [0.717, 1.165) is 18.6 Å². The average Bonchev–Trinajstić information content (AvgIpc) is 3.20. The van der Waals surface area contributed by atoms with Crippen LogP contribution in [0.1, 0.15) is 39.0 Å². The summed E-state index contributed by atoms with van der Waals surface area (Å²) in [5, 5.41) is -0.237. The third-order valence-corrected chi connectivity index (χ3v) is 6.43. The van der Waals surface area contributed by atoms with Gasteiger partial charge in [-0.25, -0.2) is 0 Å². The van der Waals surface area contributed by atoms with Crippen LogP contribution in [0.25, 0.3) is 0 Å². The molecule has 6 heteroatoms. The van der Waals surface area contributed by atoms with Gasteiger partial charge in [0, 0.05) is 10.6 Å². The Bertz CT molecular complexity index is 706. The van der Waals surface area contributed by atoms with Crippen molar-refractivity contribution in [3.05, 3.63) is 57.3 Å². The molecule has 0 spiro atoms. The molecule has 0 bridgehead atoms.